The highest BCUT2D eigenvalue weighted by molar-refractivity contribution is 7.91. The van der Waals surface area contributed by atoms with Crippen molar-refractivity contribution in [2.45, 2.75) is 71.0 Å². The molecule has 0 saturated carbocycles. The minimum atomic E-state index is -1.90. The van der Waals surface area contributed by atoms with E-state index in [2.05, 4.69) is 43.2 Å². The Balaban J connectivity index is 2.37. The fourth-order valence-corrected chi connectivity index (χ4v) is 3.84. The van der Waals surface area contributed by atoms with Crippen LogP contribution in [0.4, 0.5) is 8.78 Å². The van der Waals surface area contributed by atoms with E-state index in [1.165, 1.54) is 6.07 Å². The normalized spacial score (nSPS) is 14.6. The largest absolute Gasteiger partial charge is 0.591 e. The second-order valence-corrected chi connectivity index (χ2v) is 16.7. The van der Waals surface area contributed by atoms with Gasteiger partial charge in [-0.2, -0.15) is 0 Å². The average molecular weight is 467 g/mol. The van der Waals surface area contributed by atoms with Gasteiger partial charge in [0.05, 0.1) is 12.3 Å². The quantitative estimate of drug-likeness (QED) is 0.290. The van der Waals surface area contributed by atoms with Gasteiger partial charge in [-0.15, -0.1) is 0 Å². The second-order valence-electron chi connectivity index (χ2n) is 10.0. The van der Waals surface area contributed by atoms with Crippen LogP contribution in [-0.4, -0.2) is 28.3 Å². The predicted molar refractivity (Wildman–Crippen MR) is 126 cm³/mol. The molecule has 0 aliphatic rings. The lowest BCUT2D eigenvalue weighted by Gasteiger charge is -2.36. The summed E-state index contributed by atoms with van der Waals surface area (Å²) in [5, 5.41) is 0.101. The lowest BCUT2D eigenvalue weighted by molar-refractivity contribution is 0.276. The van der Waals surface area contributed by atoms with Crippen molar-refractivity contribution in [2.75, 3.05) is 0 Å². The van der Waals surface area contributed by atoms with Gasteiger partial charge in [-0.05, 0) is 68.7 Å². The van der Waals surface area contributed by atoms with Crippen molar-refractivity contribution in [1.82, 2.24) is 4.98 Å². The minimum absolute atomic E-state index is 0.101. The van der Waals surface area contributed by atoms with E-state index < -0.39 is 36.1 Å². The summed E-state index contributed by atoms with van der Waals surface area (Å²) in [5.41, 5.74) is 1.90. The molecule has 0 spiro atoms. The Morgan fingerprint density at radius 2 is 1.71 bits per heavy atom. The highest BCUT2D eigenvalue weighted by atomic mass is 32.2. The summed E-state index contributed by atoms with van der Waals surface area (Å²) in [6.07, 6.45) is 1.68. The topological polar surface area (TPSA) is 57.5 Å². The molecule has 0 aliphatic heterocycles. The fraction of sp³-hybridized carbons (Fsp3) is 0.478. The first-order valence-electron chi connectivity index (χ1n) is 10.2. The van der Waals surface area contributed by atoms with Crippen LogP contribution in [0.25, 0.3) is 0 Å². The maximum atomic E-state index is 13.9. The number of halogens is 2. The van der Waals surface area contributed by atoms with Gasteiger partial charge in [0.25, 0.3) is 0 Å². The molecule has 0 bridgehead atoms. The van der Waals surface area contributed by atoms with Gasteiger partial charge < -0.3 is 8.98 Å². The maximum absolute atomic E-state index is 13.9. The number of hydrogen-bond acceptors (Lipinski definition) is 4. The third-order valence-electron chi connectivity index (χ3n) is 5.36. The van der Waals surface area contributed by atoms with Gasteiger partial charge in [-0.25, -0.2) is 8.78 Å². The number of rotatable bonds is 6. The molecular formula is C23H32F2N2O2SSi. The molecule has 31 heavy (non-hydrogen) atoms. The molecular weight excluding hydrogens is 434 g/mol. The van der Waals surface area contributed by atoms with Crippen LogP contribution in [0, 0.1) is 11.6 Å². The van der Waals surface area contributed by atoms with Crippen LogP contribution in [0.15, 0.2) is 40.9 Å². The van der Waals surface area contributed by atoms with Crippen LogP contribution < -0.4 is 0 Å². The van der Waals surface area contributed by atoms with Crippen LogP contribution in [0.5, 0.6) is 0 Å². The maximum Gasteiger partial charge on any atom is 0.192 e. The third kappa shape index (κ3) is 6.68. The number of hydrogen-bond donors (Lipinski definition) is 0. The molecule has 1 atom stereocenters. The van der Waals surface area contributed by atoms with E-state index in [0.29, 0.717) is 17.9 Å². The van der Waals surface area contributed by atoms with Crippen molar-refractivity contribution in [3.05, 3.63) is 65.0 Å². The summed E-state index contributed by atoms with van der Waals surface area (Å²) in [6.45, 7) is 16.7. The Kier molecular flexibility index (Phi) is 7.84. The van der Waals surface area contributed by atoms with Crippen molar-refractivity contribution in [2.24, 2.45) is 4.40 Å². The summed E-state index contributed by atoms with van der Waals surface area (Å²) in [6, 6.07) is 7.09. The van der Waals surface area contributed by atoms with Gasteiger partial charge >= 0.3 is 0 Å². The third-order valence-corrected chi connectivity index (χ3v) is 11.2. The molecule has 8 heteroatoms. The zero-order valence-electron chi connectivity index (χ0n) is 19.5. The van der Waals surface area contributed by atoms with Crippen molar-refractivity contribution in [1.29, 1.82) is 0 Å². The summed E-state index contributed by atoms with van der Waals surface area (Å²) < 4.78 is 49.9. The smallest absolute Gasteiger partial charge is 0.192 e. The van der Waals surface area contributed by atoms with Gasteiger partial charge in [-0.3, -0.25) is 4.98 Å². The Morgan fingerprint density at radius 3 is 2.19 bits per heavy atom. The number of pyridine rings is 1. The Labute approximate surface area is 188 Å². The molecule has 2 rings (SSSR count). The summed E-state index contributed by atoms with van der Waals surface area (Å²) in [7, 11) is -1.90. The van der Waals surface area contributed by atoms with Gasteiger partial charge in [-0.1, -0.05) is 31.2 Å². The molecule has 0 aliphatic carbocycles. The highest BCUT2D eigenvalue weighted by Crippen LogP contribution is 2.37. The van der Waals surface area contributed by atoms with Gasteiger partial charge in [0.2, 0.25) is 0 Å². The van der Waals surface area contributed by atoms with E-state index in [4.69, 9.17) is 4.43 Å². The number of aromatic nitrogens is 1. The van der Waals surface area contributed by atoms with E-state index in [1.54, 1.807) is 33.0 Å². The zero-order valence-corrected chi connectivity index (χ0v) is 21.4. The van der Waals surface area contributed by atoms with Crippen molar-refractivity contribution in [3.8, 4) is 0 Å². The second kappa shape index (κ2) is 9.48. The van der Waals surface area contributed by atoms with E-state index in [-0.39, 0.29) is 10.7 Å². The lowest BCUT2D eigenvalue weighted by Crippen LogP contribution is -2.40. The average Bonchev–Trinajstić information content (AvgIpc) is 2.65. The van der Waals surface area contributed by atoms with E-state index in [1.807, 2.05) is 6.07 Å². The number of benzene rings is 1. The molecule has 2 aromatic rings. The molecule has 4 nitrogen and oxygen atoms in total. The molecule has 170 valence electrons. The minimum Gasteiger partial charge on any atom is -0.591 e. The first-order valence-corrected chi connectivity index (χ1v) is 14.2. The Hall–Kier alpha value is -1.61. The fourth-order valence-electron chi connectivity index (χ4n) is 2.24. The molecule has 1 aromatic heterocycles. The lowest BCUT2D eigenvalue weighted by atomic mass is 10.1. The standard InChI is InChI=1S/C23H32F2N2O2SSi/c1-22(2,3)30(28)27-21(17-10-11-18(24)19(25)13-17)20-12-9-16(14-26-20)15-29-31(7,8)23(4,5)6/h9-14H,15H2,1-8H3. The summed E-state index contributed by atoms with van der Waals surface area (Å²) >= 11 is -1.60. The zero-order chi connectivity index (χ0) is 23.6. The van der Waals surface area contributed by atoms with Crippen LogP contribution in [0.2, 0.25) is 18.1 Å². The van der Waals surface area contributed by atoms with E-state index >= 15 is 0 Å². The molecule has 1 heterocycles. The van der Waals surface area contributed by atoms with Crippen LogP contribution in [-0.2, 0) is 22.4 Å². The molecule has 1 unspecified atom stereocenters. The Bertz CT molecular complexity index is 936. The van der Waals surface area contributed by atoms with Gasteiger partial charge in [0.1, 0.15) is 21.8 Å². The van der Waals surface area contributed by atoms with Gasteiger partial charge in [0.15, 0.2) is 20.0 Å². The van der Waals surface area contributed by atoms with Crippen molar-refractivity contribution in [3.63, 3.8) is 0 Å². The highest BCUT2D eigenvalue weighted by Gasteiger charge is 2.37. The first kappa shape index (κ1) is 25.6. The summed E-state index contributed by atoms with van der Waals surface area (Å²) in [5.74, 6) is -1.95. The predicted octanol–water partition coefficient (Wildman–Crippen LogP) is 6.18. The van der Waals surface area contributed by atoms with Crippen molar-refractivity contribution >= 4 is 25.4 Å². The molecule has 0 N–H and O–H groups in total. The molecule has 0 saturated heterocycles. The van der Waals surface area contributed by atoms with Gasteiger partial charge in [0, 0.05) is 11.8 Å². The molecule has 1 aromatic carbocycles. The molecule has 0 fully saturated rings. The molecule has 0 radical (unpaired) electrons. The van der Waals surface area contributed by atoms with Crippen LogP contribution >= 0.6 is 0 Å². The van der Waals surface area contributed by atoms with E-state index in [0.717, 1.165) is 17.7 Å². The number of nitrogens with zero attached hydrogens (tertiary/aromatic N) is 2. The SMILES string of the molecule is CC(C)(C)[S+]([O-])N=C(c1ccc(F)c(F)c1)c1ccc(CO[Si](C)(C)C(C)(C)C)cn1. The monoisotopic (exact) mass is 466 g/mol. The van der Waals surface area contributed by atoms with Crippen LogP contribution in [0.1, 0.15) is 58.4 Å². The Morgan fingerprint density at radius 1 is 1.06 bits per heavy atom. The summed E-state index contributed by atoms with van der Waals surface area (Å²) in [4.78, 5) is 4.46. The first-order chi connectivity index (χ1) is 14.1. The van der Waals surface area contributed by atoms with Crippen LogP contribution in [0.3, 0.4) is 0 Å². The van der Waals surface area contributed by atoms with E-state index in [9.17, 15) is 13.3 Å². The molecule has 0 amide bonds. The van der Waals surface area contributed by atoms with Crippen molar-refractivity contribution < 1.29 is 17.8 Å².